The zero-order chi connectivity index (χ0) is 21.0. The Bertz CT molecular complexity index is 948. The summed E-state index contributed by atoms with van der Waals surface area (Å²) in [5.41, 5.74) is 0.423. The number of carbonyl (C=O) groups is 3. The van der Waals surface area contributed by atoms with Crippen LogP contribution in [0.1, 0.15) is 22.1 Å². The number of nitro benzene ring substituents is 1. The monoisotopic (exact) mass is 399 g/mol. The van der Waals surface area contributed by atoms with Crippen LogP contribution >= 0.6 is 0 Å². The number of nitro groups is 1. The first-order valence-corrected chi connectivity index (χ1v) is 8.54. The Morgan fingerprint density at radius 1 is 1.17 bits per heavy atom. The lowest BCUT2D eigenvalue weighted by Crippen LogP contribution is -2.36. The molecule has 150 valence electrons. The Balaban J connectivity index is 1.99. The number of methoxy groups -OCH3 is 1. The van der Waals surface area contributed by atoms with Crippen molar-refractivity contribution in [2.24, 2.45) is 0 Å². The molecule has 1 fully saturated rings. The smallest absolute Gasteiger partial charge is 0.334 e. The van der Waals surface area contributed by atoms with Gasteiger partial charge in [0.05, 0.1) is 12.0 Å². The van der Waals surface area contributed by atoms with Gasteiger partial charge in [0, 0.05) is 23.3 Å². The van der Waals surface area contributed by atoms with Crippen molar-refractivity contribution in [3.05, 3.63) is 75.8 Å². The topological polar surface area (TPSA) is 119 Å². The average molecular weight is 399 g/mol. The number of esters is 1. The summed E-state index contributed by atoms with van der Waals surface area (Å²) in [6.45, 7) is -0.872. The van der Waals surface area contributed by atoms with E-state index in [0.717, 1.165) is 5.06 Å². The molecule has 1 unspecified atom stereocenters. The van der Waals surface area contributed by atoms with Gasteiger partial charge in [-0.1, -0.05) is 30.3 Å². The minimum Gasteiger partial charge on any atom is -0.467 e. The van der Waals surface area contributed by atoms with E-state index in [1.165, 1.54) is 36.3 Å². The summed E-state index contributed by atoms with van der Waals surface area (Å²) in [4.78, 5) is 54.1. The number of rotatable bonds is 6. The van der Waals surface area contributed by atoms with E-state index in [4.69, 9.17) is 4.84 Å². The zero-order valence-electron chi connectivity index (χ0n) is 15.4. The summed E-state index contributed by atoms with van der Waals surface area (Å²) in [6, 6.07) is 13.8. The van der Waals surface area contributed by atoms with E-state index in [0.29, 0.717) is 11.1 Å². The molecule has 0 saturated carbocycles. The molecule has 0 aliphatic carbocycles. The molecule has 10 nitrogen and oxygen atoms in total. The van der Waals surface area contributed by atoms with E-state index >= 15 is 0 Å². The van der Waals surface area contributed by atoms with E-state index in [9.17, 15) is 24.5 Å². The van der Waals surface area contributed by atoms with Crippen molar-refractivity contribution in [2.75, 3.05) is 20.3 Å². The van der Waals surface area contributed by atoms with E-state index in [1.54, 1.807) is 30.3 Å². The third-order valence-electron chi connectivity index (χ3n) is 4.28. The van der Waals surface area contributed by atoms with Gasteiger partial charge in [0.25, 0.3) is 17.5 Å². The van der Waals surface area contributed by atoms with Crippen molar-refractivity contribution in [3.63, 3.8) is 0 Å². The fourth-order valence-electron chi connectivity index (χ4n) is 2.93. The molecule has 1 aliphatic rings. The number of hydrogen-bond acceptors (Lipinski definition) is 7. The molecule has 0 radical (unpaired) electrons. The number of hydroxylamine groups is 2. The van der Waals surface area contributed by atoms with Gasteiger partial charge in [-0.3, -0.25) is 24.5 Å². The molecule has 29 heavy (non-hydrogen) atoms. The highest BCUT2D eigenvalue weighted by molar-refractivity contribution is 5.98. The highest BCUT2D eigenvalue weighted by Crippen LogP contribution is 2.34. The second-order valence-corrected chi connectivity index (χ2v) is 6.09. The Kier molecular flexibility index (Phi) is 5.84. The van der Waals surface area contributed by atoms with Crippen molar-refractivity contribution in [1.82, 2.24) is 9.96 Å². The molecule has 0 spiro atoms. The molecule has 2 amide bonds. The molecule has 0 bridgehead atoms. The largest absolute Gasteiger partial charge is 0.467 e. The lowest BCUT2D eigenvalue weighted by molar-refractivity contribution is -0.385. The van der Waals surface area contributed by atoms with Crippen molar-refractivity contribution in [1.29, 1.82) is 0 Å². The molecule has 1 aliphatic heterocycles. The van der Waals surface area contributed by atoms with E-state index in [1.807, 2.05) is 0 Å². The van der Waals surface area contributed by atoms with Gasteiger partial charge in [0.15, 0.2) is 12.8 Å². The lowest BCUT2D eigenvalue weighted by Gasteiger charge is -2.29. The average Bonchev–Trinajstić information content (AvgIpc) is 3.08. The predicted molar refractivity (Wildman–Crippen MR) is 98.1 cm³/mol. The second-order valence-electron chi connectivity index (χ2n) is 6.09. The summed E-state index contributed by atoms with van der Waals surface area (Å²) < 4.78 is 4.51. The van der Waals surface area contributed by atoms with Gasteiger partial charge in [0.2, 0.25) is 0 Å². The molecule has 1 heterocycles. The number of nitrogens with zero attached hydrogens (tertiary/aromatic N) is 3. The van der Waals surface area contributed by atoms with Crippen molar-refractivity contribution < 1.29 is 28.9 Å². The Morgan fingerprint density at radius 3 is 2.55 bits per heavy atom. The summed E-state index contributed by atoms with van der Waals surface area (Å²) in [6.07, 6.45) is -1.08. The molecule has 3 rings (SSSR count). The summed E-state index contributed by atoms with van der Waals surface area (Å²) in [7, 11) is 1.17. The van der Waals surface area contributed by atoms with Gasteiger partial charge in [0.1, 0.15) is 6.54 Å². The van der Waals surface area contributed by atoms with Crippen LogP contribution in [0.3, 0.4) is 0 Å². The third kappa shape index (κ3) is 4.22. The summed E-state index contributed by atoms with van der Waals surface area (Å²) >= 11 is 0. The van der Waals surface area contributed by atoms with Crippen LogP contribution in [0, 0.1) is 10.1 Å². The standard InChI is InChI=1S/C19H17N3O7/c1-28-17(24)12-29-21-16(23)11-20(19(25)13-6-3-2-4-7-13)18(21)14-8-5-9-15(10-14)22(26)27/h2-10,18H,11-12H2,1H3. The van der Waals surface area contributed by atoms with E-state index in [-0.39, 0.29) is 12.2 Å². The number of amides is 2. The van der Waals surface area contributed by atoms with Crippen LogP contribution < -0.4 is 0 Å². The first-order valence-electron chi connectivity index (χ1n) is 8.54. The van der Waals surface area contributed by atoms with Crippen LogP contribution in [-0.2, 0) is 19.2 Å². The first-order chi connectivity index (χ1) is 13.9. The molecule has 0 N–H and O–H groups in total. The predicted octanol–water partition coefficient (Wildman–Crippen LogP) is 1.68. The Morgan fingerprint density at radius 2 is 1.90 bits per heavy atom. The van der Waals surface area contributed by atoms with E-state index < -0.39 is 35.5 Å². The number of carbonyl (C=O) groups excluding carboxylic acids is 3. The third-order valence-corrected chi connectivity index (χ3v) is 4.28. The van der Waals surface area contributed by atoms with Crippen molar-refractivity contribution in [2.45, 2.75) is 6.17 Å². The highest BCUT2D eigenvalue weighted by Gasteiger charge is 2.43. The SMILES string of the molecule is COC(=O)CON1C(=O)CN(C(=O)c2ccccc2)C1c1cccc([N+](=O)[O-])c1. The normalized spacial score (nSPS) is 16.0. The second kappa shape index (κ2) is 8.48. The molecule has 2 aromatic carbocycles. The van der Waals surface area contributed by atoms with Crippen LogP contribution in [0.15, 0.2) is 54.6 Å². The van der Waals surface area contributed by atoms with Gasteiger partial charge in [-0.15, -0.1) is 0 Å². The zero-order valence-corrected chi connectivity index (χ0v) is 15.4. The Labute approximate surface area is 165 Å². The summed E-state index contributed by atoms with van der Waals surface area (Å²) in [5.74, 6) is -1.75. The number of non-ortho nitro benzene ring substituents is 1. The van der Waals surface area contributed by atoms with Gasteiger partial charge >= 0.3 is 5.97 Å². The van der Waals surface area contributed by atoms with Gasteiger partial charge in [-0.05, 0) is 12.1 Å². The van der Waals surface area contributed by atoms with Gasteiger partial charge < -0.3 is 9.64 Å². The van der Waals surface area contributed by atoms with Crippen molar-refractivity contribution >= 4 is 23.5 Å². The molecule has 1 atom stereocenters. The molecule has 0 aromatic heterocycles. The fraction of sp³-hybridized carbons (Fsp3) is 0.211. The molecular weight excluding hydrogens is 382 g/mol. The molecule has 2 aromatic rings. The fourth-order valence-corrected chi connectivity index (χ4v) is 2.93. The number of benzene rings is 2. The maximum atomic E-state index is 13.0. The first kappa shape index (κ1) is 20.0. The van der Waals surface area contributed by atoms with E-state index in [2.05, 4.69) is 4.74 Å². The van der Waals surface area contributed by atoms with Gasteiger partial charge in [-0.2, -0.15) is 5.06 Å². The van der Waals surface area contributed by atoms with Crippen molar-refractivity contribution in [3.8, 4) is 0 Å². The number of hydrogen-bond donors (Lipinski definition) is 0. The highest BCUT2D eigenvalue weighted by atomic mass is 16.7. The molecule has 10 heteroatoms. The van der Waals surface area contributed by atoms with Crippen LogP contribution in [0.2, 0.25) is 0 Å². The van der Waals surface area contributed by atoms with Crippen LogP contribution in [0.5, 0.6) is 0 Å². The quantitative estimate of drug-likeness (QED) is 0.412. The lowest BCUT2D eigenvalue weighted by atomic mass is 10.1. The van der Waals surface area contributed by atoms with Crippen LogP contribution in [0.4, 0.5) is 5.69 Å². The van der Waals surface area contributed by atoms with Gasteiger partial charge in [-0.25, -0.2) is 4.79 Å². The van der Waals surface area contributed by atoms with Crippen LogP contribution in [-0.4, -0.2) is 52.9 Å². The maximum absolute atomic E-state index is 13.0. The minimum absolute atomic E-state index is 0.207. The minimum atomic E-state index is -1.08. The molecular formula is C19H17N3O7. The number of ether oxygens (including phenoxy) is 1. The summed E-state index contributed by atoms with van der Waals surface area (Å²) in [5, 5.41) is 12.0. The Hall–Kier alpha value is -3.79. The maximum Gasteiger partial charge on any atom is 0.334 e. The molecule has 1 saturated heterocycles. The van der Waals surface area contributed by atoms with Crippen LogP contribution in [0.25, 0.3) is 0 Å².